The van der Waals surface area contributed by atoms with Gasteiger partial charge in [0.1, 0.15) is 0 Å². The van der Waals surface area contributed by atoms with Gasteiger partial charge in [-0.3, -0.25) is 9.59 Å². The number of amides is 1. The van der Waals surface area contributed by atoms with E-state index in [2.05, 4.69) is 38.3 Å². The van der Waals surface area contributed by atoms with Crippen LogP contribution in [0.3, 0.4) is 0 Å². The molecule has 10 heteroatoms. The first kappa shape index (κ1) is 23.4. The lowest BCUT2D eigenvalue weighted by atomic mass is 9.77. The van der Waals surface area contributed by atoms with E-state index in [-0.39, 0.29) is 47.2 Å². The highest BCUT2D eigenvalue weighted by Crippen LogP contribution is 2.45. The predicted octanol–water partition coefficient (Wildman–Crippen LogP) is 0.553. The molecule has 1 amide bonds. The number of hydrogen-bond donors (Lipinski definition) is 3. The number of carbonyl (C=O) groups is 2. The summed E-state index contributed by atoms with van der Waals surface area (Å²) in [5.41, 5.74) is -0.846. The molecule has 3 heterocycles. The van der Waals surface area contributed by atoms with Crippen molar-refractivity contribution < 1.29 is 27.9 Å². The minimum Gasteiger partial charge on any atom is -0.483 e. The van der Waals surface area contributed by atoms with Crippen molar-refractivity contribution in [1.29, 1.82) is 0 Å². The summed E-state index contributed by atoms with van der Waals surface area (Å²) in [5.74, 6) is -0.0780. The Morgan fingerprint density at radius 3 is 2.30 bits per heavy atom. The Morgan fingerprint density at radius 1 is 1.20 bits per heavy atom. The van der Waals surface area contributed by atoms with Crippen LogP contribution >= 0.6 is 0 Å². The maximum Gasteiger partial charge on any atom is 0.290 e. The summed E-state index contributed by atoms with van der Waals surface area (Å²) < 4.78 is 32.6. The maximum absolute atomic E-state index is 13.4. The van der Waals surface area contributed by atoms with E-state index in [1.807, 2.05) is 0 Å². The molecular formula is C20H35N3O6S. The number of nitrogens with one attached hydrogen (secondary N) is 2. The predicted molar refractivity (Wildman–Crippen MR) is 111 cm³/mol. The van der Waals surface area contributed by atoms with Gasteiger partial charge >= 0.3 is 0 Å². The number of sulfonamides is 1. The van der Waals surface area contributed by atoms with Gasteiger partial charge in [-0.1, -0.05) is 0 Å². The number of nitrogens with zero attached hydrogens (tertiary/aromatic N) is 1. The molecule has 172 valence electrons. The normalized spacial score (nSPS) is 33.3. The quantitative estimate of drug-likeness (QED) is 0.540. The Bertz CT molecular complexity index is 763. The number of ether oxygens (including phenoxy) is 1. The first-order valence-electron chi connectivity index (χ1n) is 10.6. The molecule has 1 aliphatic carbocycles. The van der Waals surface area contributed by atoms with E-state index in [0.717, 1.165) is 25.7 Å². The third-order valence-corrected chi connectivity index (χ3v) is 8.94. The molecule has 1 saturated carbocycles. The minimum absolute atomic E-state index is 0.0306. The number of carboxylic acid groups (broad SMARTS) is 1. The fraction of sp³-hybridized carbons (Fsp3) is 0.900. The van der Waals surface area contributed by atoms with Crippen LogP contribution in [0.5, 0.6) is 0 Å². The maximum atomic E-state index is 13.4. The zero-order valence-corrected chi connectivity index (χ0v) is 19.1. The average molecular weight is 446 g/mol. The van der Waals surface area contributed by atoms with Crippen molar-refractivity contribution in [3.63, 3.8) is 0 Å². The van der Waals surface area contributed by atoms with Crippen LogP contribution in [0.4, 0.5) is 0 Å². The Balaban J connectivity index is 0.000000806. The number of piperidine rings is 1. The van der Waals surface area contributed by atoms with E-state index >= 15 is 0 Å². The van der Waals surface area contributed by atoms with Gasteiger partial charge in [-0.15, -0.1) is 0 Å². The molecule has 0 aromatic heterocycles. The Morgan fingerprint density at radius 2 is 1.77 bits per heavy atom. The van der Waals surface area contributed by atoms with Crippen LogP contribution in [0.25, 0.3) is 0 Å². The first-order chi connectivity index (χ1) is 13.9. The van der Waals surface area contributed by atoms with E-state index in [1.54, 1.807) is 4.31 Å². The van der Waals surface area contributed by atoms with E-state index in [9.17, 15) is 13.2 Å². The standard InChI is InChI=1S/C19H33N3O4S.CH2O2/c1-17(2)7-14(8-18(3,4)21-17)20-16(23)19-11-22(9-13(19)10-26-12-19)27(24,25)15-5-6-15;2-1-3/h13-15,21H,5-12H2,1-4H3,(H,20,23);1H,(H,2,3)/t13-,19-;/m1./s1. The molecule has 9 nitrogen and oxygen atoms in total. The van der Waals surface area contributed by atoms with Crippen molar-refractivity contribution in [1.82, 2.24) is 14.9 Å². The minimum atomic E-state index is -3.26. The van der Waals surface area contributed by atoms with E-state index in [0.29, 0.717) is 19.8 Å². The molecular weight excluding hydrogens is 410 g/mol. The number of rotatable bonds is 4. The number of hydrogen-bond acceptors (Lipinski definition) is 6. The molecule has 30 heavy (non-hydrogen) atoms. The van der Waals surface area contributed by atoms with E-state index in [4.69, 9.17) is 14.6 Å². The van der Waals surface area contributed by atoms with Gasteiger partial charge < -0.3 is 20.5 Å². The van der Waals surface area contributed by atoms with Crippen LogP contribution in [-0.4, -0.2) is 78.9 Å². The fourth-order valence-electron chi connectivity index (χ4n) is 5.53. The fourth-order valence-corrected chi connectivity index (χ4v) is 7.49. The summed E-state index contributed by atoms with van der Waals surface area (Å²) >= 11 is 0. The summed E-state index contributed by atoms with van der Waals surface area (Å²) in [6.45, 7) is 9.85. The molecule has 3 aliphatic heterocycles. The second-order valence-corrected chi connectivity index (χ2v) is 12.7. The van der Waals surface area contributed by atoms with Crippen LogP contribution in [0.2, 0.25) is 0 Å². The van der Waals surface area contributed by atoms with Gasteiger partial charge in [0.15, 0.2) is 0 Å². The summed E-state index contributed by atoms with van der Waals surface area (Å²) in [7, 11) is -3.26. The van der Waals surface area contributed by atoms with Crippen molar-refractivity contribution in [2.75, 3.05) is 26.3 Å². The lowest BCUT2D eigenvalue weighted by molar-refractivity contribution is -0.132. The van der Waals surface area contributed by atoms with Gasteiger partial charge in [-0.25, -0.2) is 12.7 Å². The molecule has 4 fully saturated rings. The van der Waals surface area contributed by atoms with Crippen LogP contribution in [-0.2, 0) is 24.3 Å². The lowest BCUT2D eigenvalue weighted by Gasteiger charge is -2.47. The van der Waals surface area contributed by atoms with Crippen molar-refractivity contribution in [3.05, 3.63) is 0 Å². The average Bonchev–Trinajstić information content (AvgIpc) is 3.24. The zero-order chi connectivity index (χ0) is 22.4. The summed E-state index contributed by atoms with van der Waals surface area (Å²) in [4.78, 5) is 21.7. The van der Waals surface area contributed by atoms with Crippen LogP contribution in [0.1, 0.15) is 53.4 Å². The van der Waals surface area contributed by atoms with Gasteiger partial charge in [0.05, 0.1) is 23.9 Å². The molecule has 0 aromatic carbocycles. The molecule has 0 aromatic rings. The summed E-state index contributed by atoms with van der Waals surface area (Å²) in [6.07, 6.45) is 3.21. The molecule has 2 atom stereocenters. The third-order valence-electron chi connectivity index (χ3n) is 6.63. The Labute approximate surface area is 179 Å². The highest BCUT2D eigenvalue weighted by atomic mass is 32.2. The highest BCUT2D eigenvalue weighted by Gasteiger charge is 2.59. The van der Waals surface area contributed by atoms with E-state index < -0.39 is 15.4 Å². The van der Waals surface area contributed by atoms with Crippen molar-refractivity contribution in [2.45, 2.75) is 75.7 Å². The highest BCUT2D eigenvalue weighted by molar-refractivity contribution is 7.90. The molecule has 0 radical (unpaired) electrons. The van der Waals surface area contributed by atoms with Crippen molar-refractivity contribution in [3.8, 4) is 0 Å². The number of fused-ring (bicyclic) bond motifs is 1. The molecule has 0 spiro atoms. The monoisotopic (exact) mass is 445 g/mol. The molecule has 3 N–H and O–H groups in total. The molecule has 4 aliphatic rings. The second kappa shape index (κ2) is 8.03. The Kier molecular flexibility index (Phi) is 6.28. The molecule has 0 bridgehead atoms. The third kappa shape index (κ3) is 4.66. The van der Waals surface area contributed by atoms with E-state index in [1.165, 1.54) is 0 Å². The van der Waals surface area contributed by atoms with Gasteiger partial charge in [0.2, 0.25) is 15.9 Å². The molecule has 4 rings (SSSR count). The first-order valence-corrected chi connectivity index (χ1v) is 12.1. The molecule has 3 saturated heterocycles. The smallest absolute Gasteiger partial charge is 0.290 e. The van der Waals surface area contributed by atoms with Gasteiger partial charge in [0.25, 0.3) is 6.47 Å². The second-order valence-electron chi connectivity index (χ2n) is 10.5. The SMILES string of the molecule is CC1(C)CC(NC(=O)[C@]23COC[C@H]2CN(S(=O)(=O)C2CC2)C3)CC(C)(C)N1.O=CO. The molecule has 0 unspecified atom stereocenters. The number of carbonyl (C=O) groups excluding carboxylic acids is 1. The lowest BCUT2D eigenvalue weighted by Crippen LogP contribution is -2.63. The van der Waals surface area contributed by atoms with Crippen LogP contribution in [0.15, 0.2) is 0 Å². The van der Waals surface area contributed by atoms with Crippen molar-refractivity contribution in [2.24, 2.45) is 11.3 Å². The summed E-state index contributed by atoms with van der Waals surface area (Å²) in [5, 5.41) is 13.6. The van der Waals surface area contributed by atoms with Crippen molar-refractivity contribution >= 4 is 22.4 Å². The van der Waals surface area contributed by atoms with Gasteiger partial charge in [-0.2, -0.15) is 0 Å². The largest absolute Gasteiger partial charge is 0.483 e. The summed E-state index contributed by atoms with van der Waals surface area (Å²) in [6, 6.07) is 0.0773. The van der Waals surface area contributed by atoms with Gasteiger partial charge in [0, 0.05) is 36.1 Å². The Hall–Kier alpha value is -1.23. The van der Waals surface area contributed by atoms with Crippen LogP contribution < -0.4 is 10.6 Å². The topological polar surface area (TPSA) is 125 Å². The zero-order valence-electron chi connectivity index (χ0n) is 18.3. The van der Waals surface area contributed by atoms with Crippen LogP contribution in [0, 0.1) is 11.3 Å². The van der Waals surface area contributed by atoms with Gasteiger partial charge in [-0.05, 0) is 53.4 Å².